The molecule has 2 fully saturated rings. The Bertz CT molecular complexity index is 546. The van der Waals surface area contributed by atoms with Crippen LogP contribution in [-0.4, -0.2) is 69.3 Å². The summed E-state index contributed by atoms with van der Waals surface area (Å²) in [6.07, 6.45) is 2.48. The van der Waals surface area contributed by atoms with Crippen LogP contribution in [0, 0.1) is 6.92 Å². The number of anilines is 2. The summed E-state index contributed by atoms with van der Waals surface area (Å²) in [4.78, 5) is 7.48. The van der Waals surface area contributed by atoms with E-state index in [1.807, 2.05) is 6.07 Å². The molecule has 2 heterocycles. The van der Waals surface area contributed by atoms with Gasteiger partial charge in [-0.05, 0) is 45.5 Å². The summed E-state index contributed by atoms with van der Waals surface area (Å²) in [5.74, 6) is 0.782. The van der Waals surface area contributed by atoms with E-state index in [4.69, 9.17) is 10.5 Å². The third-order valence-electron chi connectivity index (χ3n) is 5.49. The molecule has 0 unspecified atom stereocenters. The van der Waals surface area contributed by atoms with Crippen molar-refractivity contribution in [1.82, 2.24) is 9.80 Å². The van der Waals surface area contributed by atoms with Crippen LogP contribution in [0.2, 0.25) is 0 Å². The van der Waals surface area contributed by atoms with E-state index in [0.717, 1.165) is 36.6 Å². The van der Waals surface area contributed by atoms with E-state index in [-0.39, 0.29) is 0 Å². The molecule has 0 saturated carbocycles. The van der Waals surface area contributed by atoms with Crippen LogP contribution in [0.4, 0.5) is 11.4 Å². The average molecular weight is 318 g/mol. The molecule has 2 aliphatic heterocycles. The van der Waals surface area contributed by atoms with Gasteiger partial charge in [0.25, 0.3) is 0 Å². The first-order chi connectivity index (χ1) is 11.0. The number of likely N-dealkylation sites (N-methyl/N-ethyl adjacent to an activating group) is 1. The van der Waals surface area contributed by atoms with Crippen molar-refractivity contribution in [3.63, 3.8) is 0 Å². The van der Waals surface area contributed by atoms with Gasteiger partial charge in [-0.3, -0.25) is 4.90 Å². The van der Waals surface area contributed by atoms with Gasteiger partial charge >= 0.3 is 0 Å². The number of hydrogen-bond donors (Lipinski definition) is 1. The summed E-state index contributed by atoms with van der Waals surface area (Å²) < 4.78 is 5.39. The quantitative estimate of drug-likeness (QED) is 0.858. The molecular weight excluding hydrogens is 288 g/mol. The Balaban J connectivity index is 1.59. The highest BCUT2D eigenvalue weighted by molar-refractivity contribution is 5.66. The van der Waals surface area contributed by atoms with E-state index >= 15 is 0 Å². The van der Waals surface area contributed by atoms with Crippen molar-refractivity contribution >= 4 is 11.4 Å². The van der Waals surface area contributed by atoms with E-state index in [0.29, 0.717) is 0 Å². The van der Waals surface area contributed by atoms with E-state index < -0.39 is 0 Å². The van der Waals surface area contributed by atoms with Gasteiger partial charge < -0.3 is 20.3 Å². The second-order valence-corrected chi connectivity index (χ2v) is 7.17. The maximum absolute atomic E-state index is 6.00. The highest BCUT2D eigenvalue weighted by Crippen LogP contribution is 2.33. The molecule has 128 valence electrons. The molecule has 0 amide bonds. The number of nitrogens with zero attached hydrogens (tertiary/aromatic N) is 3. The molecule has 0 atom stereocenters. The van der Waals surface area contributed by atoms with Crippen molar-refractivity contribution in [1.29, 1.82) is 0 Å². The number of methoxy groups -OCH3 is 1. The molecule has 5 nitrogen and oxygen atoms in total. The Morgan fingerprint density at radius 1 is 1.17 bits per heavy atom. The van der Waals surface area contributed by atoms with Gasteiger partial charge in [-0.15, -0.1) is 0 Å². The van der Waals surface area contributed by atoms with E-state index in [9.17, 15) is 0 Å². The maximum atomic E-state index is 6.00. The minimum atomic E-state index is 0.721. The zero-order valence-electron chi connectivity index (χ0n) is 14.9. The molecule has 1 aromatic rings. The monoisotopic (exact) mass is 318 g/mol. The topological polar surface area (TPSA) is 45.0 Å². The van der Waals surface area contributed by atoms with Crippen LogP contribution in [0.25, 0.3) is 0 Å². The lowest BCUT2D eigenvalue weighted by atomic mass is 9.96. The van der Waals surface area contributed by atoms with Crippen LogP contribution in [0.5, 0.6) is 5.75 Å². The first-order valence-corrected chi connectivity index (χ1v) is 8.59. The van der Waals surface area contributed by atoms with Gasteiger partial charge in [0.15, 0.2) is 0 Å². The lowest BCUT2D eigenvalue weighted by Gasteiger charge is -2.49. The molecule has 3 rings (SSSR count). The molecule has 0 bridgehead atoms. The Morgan fingerprint density at radius 3 is 2.39 bits per heavy atom. The van der Waals surface area contributed by atoms with Gasteiger partial charge in [-0.2, -0.15) is 0 Å². The summed E-state index contributed by atoms with van der Waals surface area (Å²) in [5, 5.41) is 0. The first kappa shape index (κ1) is 16.4. The molecule has 1 aromatic carbocycles. The van der Waals surface area contributed by atoms with E-state index in [2.05, 4.69) is 41.8 Å². The number of hydrogen-bond acceptors (Lipinski definition) is 5. The maximum Gasteiger partial charge on any atom is 0.143 e. The van der Waals surface area contributed by atoms with Gasteiger partial charge in [0, 0.05) is 50.0 Å². The first-order valence-electron chi connectivity index (χ1n) is 8.59. The lowest BCUT2D eigenvalue weighted by molar-refractivity contribution is 0.0188. The van der Waals surface area contributed by atoms with E-state index in [1.54, 1.807) is 7.11 Å². The van der Waals surface area contributed by atoms with Gasteiger partial charge in [-0.25, -0.2) is 0 Å². The molecule has 2 aliphatic rings. The number of likely N-dealkylation sites (tertiary alicyclic amines) is 1. The predicted octanol–water partition coefficient (Wildman–Crippen LogP) is 1.80. The molecule has 5 heteroatoms. The Hall–Kier alpha value is -1.46. The summed E-state index contributed by atoms with van der Waals surface area (Å²) >= 11 is 0. The summed E-state index contributed by atoms with van der Waals surface area (Å²) in [5.41, 5.74) is 9.22. The number of piperidine rings is 1. The highest BCUT2D eigenvalue weighted by atomic mass is 16.5. The molecular formula is C18H30N4O. The Labute approximate surface area is 140 Å². The fourth-order valence-corrected chi connectivity index (χ4v) is 3.80. The zero-order chi connectivity index (χ0) is 16.6. The highest BCUT2D eigenvalue weighted by Gasteiger charge is 2.35. The number of ether oxygens (including phenoxy) is 1. The smallest absolute Gasteiger partial charge is 0.143 e. The third-order valence-corrected chi connectivity index (χ3v) is 5.49. The predicted molar refractivity (Wildman–Crippen MR) is 96.4 cm³/mol. The van der Waals surface area contributed by atoms with Crippen LogP contribution in [-0.2, 0) is 0 Å². The SMILES string of the molecule is COc1cc(N2CCC(N3CC(N(C)C)C3)CC2)c(C)cc1N. The number of nitrogen functional groups attached to an aromatic ring is 1. The van der Waals surface area contributed by atoms with Crippen molar-refractivity contribution in [3.8, 4) is 5.75 Å². The molecule has 2 saturated heterocycles. The molecule has 2 N–H and O–H groups in total. The fourth-order valence-electron chi connectivity index (χ4n) is 3.80. The second-order valence-electron chi connectivity index (χ2n) is 7.17. The van der Waals surface area contributed by atoms with Gasteiger partial charge in [0.1, 0.15) is 5.75 Å². The Kier molecular flexibility index (Phi) is 4.69. The minimum Gasteiger partial charge on any atom is -0.495 e. The van der Waals surface area contributed by atoms with Crippen molar-refractivity contribution in [3.05, 3.63) is 17.7 Å². The zero-order valence-corrected chi connectivity index (χ0v) is 14.9. The summed E-state index contributed by atoms with van der Waals surface area (Å²) in [6, 6.07) is 5.61. The van der Waals surface area contributed by atoms with Crippen LogP contribution in [0.3, 0.4) is 0 Å². The van der Waals surface area contributed by atoms with Crippen LogP contribution < -0.4 is 15.4 Å². The number of nitrogens with two attached hydrogens (primary N) is 1. The second kappa shape index (κ2) is 6.57. The normalized spacial score (nSPS) is 20.8. The minimum absolute atomic E-state index is 0.721. The number of aryl methyl sites for hydroxylation is 1. The van der Waals surface area contributed by atoms with Crippen molar-refractivity contribution in [2.75, 3.05) is 58.0 Å². The van der Waals surface area contributed by atoms with Crippen LogP contribution in [0.1, 0.15) is 18.4 Å². The molecule has 0 spiro atoms. The number of rotatable bonds is 4. The third kappa shape index (κ3) is 3.26. The molecule has 0 radical (unpaired) electrons. The van der Waals surface area contributed by atoms with Crippen LogP contribution in [0.15, 0.2) is 12.1 Å². The molecule has 23 heavy (non-hydrogen) atoms. The van der Waals surface area contributed by atoms with Crippen LogP contribution >= 0.6 is 0 Å². The van der Waals surface area contributed by atoms with Crippen molar-refractivity contribution in [2.45, 2.75) is 31.8 Å². The fraction of sp³-hybridized carbons (Fsp3) is 0.667. The van der Waals surface area contributed by atoms with Gasteiger partial charge in [-0.1, -0.05) is 0 Å². The average Bonchev–Trinajstić information content (AvgIpc) is 2.46. The summed E-state index contributed by atoms with van der Waals surface area (Å²) in [6.45, 7) is 6.82. The van der Waals surface area contributed by atoms with Crippen molar-refractivity contribution < 1.29 is 4.74 Å². The molecule has 0 aromatic heterocycles. The Morgan fingerprint density at radius 2 is 1.83 bits per heavy atom. The van der Waals surface area contributed by atoms with Gasteiger partial charge in [0.05, 0.1) is 12.8 Å². The standard InChI is InChI=1S/C18H30N4O/c1-13-9-16(19)18(23-4)10-17(13)21-7-5-14(6-8-21)22-11-15(12-22)20(2)3/h9-10,14-15H,5-8,11-12,19H2,1-4H3. The van der Waals surface area contributed by atoms with Crippen molar-refractivity contribution in [2.24, 2.45) is 0 Å². The van der Waals surface area contributed by atoms with Gasteiger partial charge in [0.2, 0.25) is 0 Å². The number of benzene rings is 1. The molecule has 0 aliphatic carbocycles. The largest absolute Gasteiger partial charge is 0.495 e. The van der Waals surface area contributed by atoms with E-state index in [1.165, 1.54) is 37.2 Å². The summed E-state index contributed by atoms with van der Waals surface area (Å²) in [7, 11) is 6.05. The lowest BCUT2D eigenvalue weighted by Crippen LogP contribution is -2.62.